The fourth-order valence-electron chi connectivity index (χ4n) is 7.48. The van der Waals surface area contributed by atoms with Crippen LogP contribution in [0.3, 0.4) is 0 Å². The summed E-state index contributed by atoms with van der Waals surface area (Å²) in [4.78, 5) is 15.2. The van der Waals surface area contributed by atoms with Crippen molar-refractivity contribution in [1.29, 1.82) is 0 Å². The number of hydrogen-bond acceptors (Lipinski definition) is 4. The Morgan fingerprint density at radius 1 is 0.321 bits per heavy atom. The Balaban J connectivity index is 1.27. The number of furan rings is 1. The van der Waals surface area contributed by atoms with Gasteiger partial charge < -0.3 is 4.42 Å². The molecule has 0 aliphatic carbocycles. The molecule has 5 heteroatoms. The molecule has 0 bridgehead atoms. The maximum Gasteiger partial charge on any atom is 0.167 e. The normalized spacial score (nSPS) is 11.3. The van der Waals surface area contributed by atoms with E-state index in [1.165, 1.54) is 6.07 Å². The van der Waals surface area contributed by atoms with E-state index in [9.17, 15) is 4.39 Å². The van der Waals surface area contributed by atoms with E-state index < -0.39 is 0 Å². The van der Waals surface area contributed by atoms with E-state index >= 15 is 0 Å². The topological polar surface area (TPSA) is 51.8 Å². The van der Waals surface area contributed by atoms with Crippen molar-refractivity contribution in [1.82, 2.24) is 15.0 Å². The Kier molecular flexibility index (Phi) is 8.30. The Morgan fingerprint density at radius 2 is 0.786 bits per heavy atom. The zero-order valence-corrected chi connectivity index (χ0v) is 30.1. The predicted octanol–water partition coefficient (Wildman–Crippen LogP) is 13.6. The van der Waals surface area contributed by atoms with Crippen molar-refractivity contribution >= 4 is 21.9 Å². The van der Waals surface area contributed by atoms with Crippen LogP contribution in [0.15, 0.2) is 199 Å². The molecule has 56 heavy (non-hydrogen) atoms. The molecule has 264 valence electrons. The molecule has 4 nitrogen and oxygen atoms in total. The summed E-state index contributed by atoms with van der Waals surface area (Å²) in [5.41, 5.74) is 11.5. The molecule has 0 atom stereocenters. The van der Waals surface area contributed by atoms with Gasteiger partial charge in [-0.05, 0) is 57.6 Å². The molecule has 0 aliphatic heterocycles. The molecular formula is C51H32FN3O. The first-order chi connectivity index (χ1) is 27.7. The van der Waals surface area contributed by atoms with Gasteiger partial charge in [-0.3, -0.25) is 0 Å². The van der Waals surface area contributed by atoms with Gasteiger partial charge in [-0.1, -0.05) is 170 Å². The molecule has 2 heterocycles. The summed E-state index contributed by atoms with van der Waals surface area (Å²) in [6.07, 6.45) is 0. The molecular weight excluding hydrogens is 690 g/mol. The number of halogens is 1. The second kappa shape index (κ2) is 14.0. The summed E-state index contributed by atoms with van der Waals surface area (Å²) in [6.45, 7) is 0. The summed E-state index contributed by atoms with van der Waals surface area (Å²) in [6, 6.07) is 64.2. The lowest BCUT2D eigenvalue weighted by Gasteiger charge is -2.11. The maximum atomic E-state index is 14.8. The third-order valence-electron chi connectivity index (χ3n) is 10.2. The molecule has 2 aromatic heterocycles. The third kappa shape index (κ3) is 6.02. The van der Waals surface area contributed by atoms with Gasteiger partial charge >= 0.3 is 0 Å². The first-order valence-corrected chi connectivity index (χ1v) is 18.5. The molecule has 0 fully saturated rings. The van der Waals surface area contributed by atoms with E-state index in [2.05, 4.69) is 66.7 Å². The van der Waals surface area contributed by atoms with Gasteiger partial charge in [0.2, 0.25) is 0 Å². The van der Waals surface area contributed by atoms with Gasteiger partial charge in [0.15, 0.2) is 17.5 Å². The SMILES string of the molecule is Fc1ccccc1-c1ccc(-c2ccc(-c3nc(-c4ccccc4)nc(-c4ccccc4)n3)c3oc4c(-c5ccccc5)cc(-c5ccccc5)cc4c23)cc1. The van der Waals surface area contributed by atoms with E-state index in [1.54, 1.807) is 12.1 Å². The zero-order valence-electron chi connectivity index (χ0n) is 30.1. The molecule has 8 aromatic carbocycles. The molecule has 0 saturated carbocycles. The molecule has 0 saturated heterocycles. The highest BCUT2D eigenvalue weighted by Crippen LogP contribution is 2.46. The van der Waals surface area contributed by atoms with Crippen molar-refractivity contribution in [2.75, 3.05) is 0 Å². The van der Waals surface area contributed by atoms with Gasteiger partial charge in [0.1, 0.15) is 17.0 Å². The standard InChI is InChI=1S/C51H32FN3O/c52-45-24-14-13-23-40(45)35-25-27-36(28-26-35)41-29-30-42(51-54-49(37-19-9-3-10-20-37)53-50(55-51)38-21-11-4-12-22-38)48-46(41)44-32-39(33-15-5-1-6-16-33)31-43(47(44)56-48)34-17-7-2-8-18-34/h1-32H. The minimum Gasteiger partial charge on any atom is -0.455 e. The van der Waals surface area contributed by atoms with Crippen molar-refractivity contribution in [3.05, 3.63) is 200 Å². The molecule has 0 radical (unpaired) electrons. The first kappa shape index (κ1) is 33.1. The van der Waals surface area contributed by atoms with Crippen LogP contribution in [0.25, 0.3) is 101 Å². The van der Waals surface area contributed by atoms with Crippen molar-refractivity contribution < 1.29 is 8.81 Å². The fourth-order valence-corrected chi connectivity index (χ4v) is 7.48. The number of hydrogen-bond donors (Lipinski definition) is 0. The Hall–Kier alpha value is -7.50. The lowest BCUT2D eigenvalue weighted by atomic mass is 9.92. The summed E-state index contributed by atoms with van der Waals surface area (Å²) in [5, 5.41) is 1.91. The van der Waals surface area contributed by atoms with Crippen LogP contribution in [0.5, 0.6) is 0 Å². The average molecular weight is 722 g/mol. The van der Waals surface area contributed by atoms with Crippen LogP contribution in [0.2, 0.25) is 0 Å². The summed E-state index contributed by atoms with van der Waals surface area (Å²) < 4.78 is 22.0. The largest absolute Gasteiger partial charge is 0.455 e. The molecule has 0 spiro atoms. The van der Waals surface area contributed by atoms with Gasteiger partial charge in [0.05, 0.1) is 5.56 Å². The number of fused-ring (bicyclic) bond motifs is 3. The van der Waals surface area contributed by atoms with E-state index in [0.717, 1.165) is 72.0 Å². The van der Waals surface area contributed by atoms with Gasteiger partial charge in [0.25, 0.3) is 0 Å². The van der Waals surface area contributed by atoms with Crippen LogP contribution < -0.4 is 0 Å². The van der Waals surface area contributed by atoms with Gasteiger partial charge in [0, 0.05) is 33.0 Å². The molecule has 0 unspecified atom stereocenters. The highest BCUT2D eigenvalue weighted by atomic mass is 19.1. The Morgan fingerprint density at radius 3 is 1.38 bits per heavy atom. The smallest absolute Gasteiger partial charge is 0.167 e. The second-order valence-corrected chi connectivity index (χ2v) is 13.7. The molecule has 10 rings (SSSR count). The van der Waals surface area contributed by atoms with Crippen molar-refractivity contribution in [2.45, 2.75) is 0 Å². The van der Waals surface area contributed by atoms with E-state index in [-0.39, 0.29) is 5.82 Å². The number of rotatable bonds is 7. The summed E-state index contributed by atoms with van der Waals surface area (Å²) in [7, 11) is 0. The average Bonchev–Trinajstić information content (AvgIpc) is 3.67. The molecule has 10 aromatic rings. The van der Waals surface area contributed by atoms with Crippen LogP contribution in [0.4, 0.5) is 4.39 Å². The minimum absolute atomic E-state index is 0.253. The quantitative estimate of drug-likeness (QED) is 0.164. The van der Waals surface area contributed by atoms with Crippen molar-refractivity contribution in [3.63, 3.8) is 0 Å². The Bertz CT molecular complexity index is 2940. The first-order valence-electron chi connectivity index (χ1n) is 18.5. The van der Waals surface area contributed by atoms with Crippen LogP contribution >= 0.6 is 0 Å². The lowest BCUT2D eigenvalue weighted by Crippen LogP contribution is -2.00. The van der Waals surface area contributed by atoms with Crippen LogP contribution in [-0.2, 0) is 0 Å². The number of nitrogens with zero attached hydrogens (tertiary/aromatic N) is 3. The Labute approximate surface area is 323 Å². The second-order valence-electron chi connectivity index (χ2n) is 13.7. The van der Waals surface area contributed by atoms with Gasteiger partial charge in [-0.15, -0.1) is 0 Å². The van der Waals surface area contributed by atoms with E-state index in [1.807, 2.05) is 109 Å². The number of benzene rings is 8. The van der Waals surface area contributed by atoms with Crippen LogP contribution in [0, 0.1) is 5.82 Å². The van der Waals surface area contributed by atoms with E-state index in [0.29, 0.717) is 28.6 Å². The lowest BCUT2D eigenvalue weighted by molar-refractivity contribution is 0.631. The van der Waals surface area contributed by atoms with Crippen LogP contribution in [0.1, 0.15) is 0 Å². The fraction of sp³-hybridized carbons (Fsp3) is 0. The van der Waals surface area contributed by atoms with Crippen molar-refractivity contribution in [2.24, 2.45) is 0 Å². The maximum absolute atomic E-state index is 14.8. The minimum atomic E-state index is -0.253. The monoisotopic (exact) mass is 721 g/mol. The van der Waals surface area contributed by atoms with Gasteiger partial charge in [-0.2, -0.15) is 0 Å². The van der Waals surface area contributed by atoms with Crippen LogP contribution in [-0.4, -0.2) is 15.0 Å². The zero-order chi connectivity index (χ0) is 37.4. The van der Waals surface area contributed by atoms with Crippen molar-refractivity contribution in [3.8, 4) is 78.7 Å². The number of aromatic nitrogens is 3. The predicted molar refractivity (Wildman–Crippen MR) is 225 cm³/mol. The third-order valence-corrected chi connectivity index (χ3v) is 10.2. The highest BCUT2D eigenvalue weighted by molar-refractivity contribution is 6.19. The van der Waals surface area contributed by atoms with Gasteiger partial charge in [-0.25, -0.2) is 19.3 Å². The summed E-state index contributed by atoms with van der Waals surface area (Å²) >= 11 is 0. The molecule has 0 N–H and O–H groups in total. The van der Waals surface area contributed by atoms with E-state index in [4.69, 9.17) is 19.4 Å². The molecule has 0 amide bonds. The summed E-state index contributed by atoms with van der Waals surface area (Å²) in [5.74, 6) is 1.40. The molecule has 0 aliphatic rings. The highest BCUT2D eigenvalue weighted by Gasteiger charge is 2.23.